The fraction of sp³-hybridized carbons (Fsp3) is 0. The molecule has 0 saturated carbocycles. The number of hydrogen-bond donors (Lipinski definition) is 1. The molecule has 0 bridgehead atoms. The fourth-order valence-corrected chi connectivity index (χ4v) is 3.45. The molecule has 2 aromatic heterocycles. The Morgan fingerprint density at radius 2 is 1.41 bits per heavy atom. The van der Waals surface area contributed by atoms with Crippen molar-refractivity contribution >= 4 is 23.1 Å². The van der Waals surface area contributed by atoms with Gasteiger partial charge in [-0.1, -0.05) is 72.8 Å². The summed E-state index contributed by atoms with van der Waals surface area (Å²) >= 11 is 0. The van der Waals surface area contributed by atoms with E-state index in [0.717, 1.165) is 33.4 Å². The molecule has 0 aliphatic rings. The summed E-state index contributed by atoms with van der Waals surface area (Å²) in [7, 11) is 0. The number of nitrogens with zero attached hydrogens (tertiary/aromatic N) is 2. The second-order valence-corrected chi connectivity index (χ2v) is 6.91. The number of fused-ring (bicyclic) bond motifs is 1. The zero-order valence-electron chi connectivity index (χ0n) is 15.8. The predicted molar refractivity (Wildman–Crippen MR) is 120 cm³/mol. The lowest BCUT2D eigenvalue weighted by atomic mass is 10.0. The van der Waals surface area contributed by atoms with Gasteiger partial charge in [0, 0.05) is 17.1 Å². The van der Waals surface area contributed by atoms with E-state index in [0.29, 0.717) is 0 Å². The molecule has 0 spiro atoms. The molecular weight excluding hydrogens is 354 g/mol. The largest absolute Gasteiger partial charge is 0.277 e. The molecule has 0 unspecified atom stereocenters. The van der Waals surface area contributed by atoms with Gasteiger partial charge in [-0.2, -0.15) is 5.10 Å². The van der Waals surface area contributed by atoms with Crippen LogP contribution in [-0.2, 0) is 0 Å². The van der Waals surface area contributed by atoms with Crippen molar-refractivity contribution in [2.45, 2.75) is 0 Å². The molecule has 0 amide bonds. The summed E-state index contributed by atoms with van der Waals surface area (Å²) in [4.78, 5) is 4.42. The Bertz CT molecular complexity index is 1270. The highest BCUT2D eigenvalue weighted by atomic mass is 15.1. The monoisotopic (exact) mass is 373 g/mol. The van der Waals surface area contributed by atoms with Crippen LogP contribution in [0.25, 0.3) is 45.4 Å². The minimum atomic E-state index is 0.930. The number of rotatable bonds is 4. The summed E-state index contributed by atoms with van der Waals surface area (Å²) in [6.45, 7) is 0. The van der Waals surface area contributed by atoms with Crippen LogP contribution in [0, 0.1) is 0 Å². The standard InChI is InChI=1S/C26H19N3/c1-2-6-20(7-3-1)21-12-9-19(10-13-21)11-16-25-23-15-14-22(18-26(23)29-28-25)24-8-4-5-17-27-24/h1-18H,(H,28,29)/b16-11+. The van der Waals surface area contributed by atoms with Gasteiger partial charge in [0.15, 0.2) is 0 Å². The third-order valence-electron chi connectivity index (χ3n) is 5.00. The van der Waals surface area contributed by atoms with Crippen LogP contribution in [0.1, 0.15) is 11.3 Å². The first-order chi connectivity index (χ1) is 14.4. The van der Waals surface area contributed by atoms with Gasteiger partial charge in [-0.15, -0.1) is 0 Å². The van der Waals surface area contributed by atoms with E-state index < -0.39 is 0 Å². The number of H-pyrrole nitrogens is 1. The van der Waals surface area contributed by atoms with Gasteiger partial charge in [0.2, 0.25) is 0 Å². The molecule has 3 heteroatoms. The Kier molecular flexibility index (Phi) is 4.47. The molecule has 0 fully saturated rings. The van der Waals surface area contributed by atoms with E-state index in [4.69, 9.17) is 0 Å². The van der Waals surface area contributed by atoms with Gasteiger partial charge in [0.1, 0.15) is 0 Å². The Hall–Kier alpha value is -3.98. The van der Waals surface area contributed by atoms with Crippen LogP contribution < -0.4 is 0 Å². The average Bonchev–Trinajstić information content (AvgIpc) is 3.21. The first kappa shape index (κ1) is 17.1. The Morgan fingerprint density at radius 1 is 0.655 bits per heavy atom. The van der Waals surface area contributed by atoms with Crippen molar-refractivity contribution in [2.75, 3.05) is 0 Å². The molecule has 5 aromatic rings. The van der Waals surface area contributed by atoms with Gasteiger partial charge in [-0.25, -0.2) is 0 Å². The minimum Gasteiger partial charge on any atom is -0.277 e. The number of pyridine rings is 1. The molecule has 138 valence electrons. The normalized spacial score (nSPS) is 11.3. The summed E-state index contributed by atoms with van der Waals surface area (Å²) < 4.78 is 0. The Morgan fingerprint density at radius 3 is 2.21 bits per heavy atom. The van der Waals surface area contributed by atoms with Crippen LogP contribution in [-0.4, -0.2) is 15.2 Å². The second kappa shape index (κ2) is 7.56. The van der Waals surface area contributed by atoms with E-state index in [1.165, 1.54) is 11.1 Å². The lowest BCUT2D eigenvalue weighted by Gasteiger charge is -2.02. The maximum absolute atomic E-state index is 4.48. The van der Waals surface area contributed by atoms with Crippen molar-refractivity contribution in [2.24, 2.45) is 0 Å². The van der Waals surface area contributed by atoms with Crippen LogP contribution in [0.3, 0.4) is 0 Å². The maximum Gasteiger partial charge on any atom is 0.0927 e. The van der Waals surface area contributed by atoms with Gasteiger partial charge in [0.05, 0.1) is 16.9 Å². The smallest absolute Gasteiger partial charge is 0.0927 e. The van der Waals surface area contributed by atoms with Crippen molar-refractivity contribution in [3.05, 3.63) is 108 Å². The van der Waals surface area contributed by atoms with Crippen LogP contribution in [0.5, 0.6) is 0 Å². The minimum absolute atomic E-state index is 0.930. The summed E-state index contributed by atoms with van der Waals surface area (Å²) in [5.74, 6) is 0. The fourth-order valence-electron chi connectivity index (χ4n) is 3.45. The van der Waals surface area contributed by atoms with Gasteiger partial charge in [0.25, 0.3) is 0 Å². The Balaban J connectivity index is 1.39. The van der Waals surface area contributed by atoms with Gasteiger partial charge >= 0.3 is 0 Å². The van der Waals surface area contributed by atoms with Crippen molar-refractivity contribution in [1.82, 2.24) is 15.2 Å². The molecule has 1 N–H and O–H groups in total. The average molecular weight is 373 g/mol. The zero-order valence-corrected chi connectivity index (χ0v) is 15.8. The molecule has 0 atom stereocenters. The molecule has 0 aliphatic heterocycles. The lowest BCUT2D eigenvalue weighted by molar-refractivity contribution is 1.11. The van der Waals surface area contributed by atoms with E-state index >= 15 is 0 Å². The van der Waals surface area contributed by atoms with Gasteiger partial charge < -0.3 is 0 Å². The maximum atomic E-state index is 4.48. The van der Waals surface area contributed by atoms with Crippen molar-refractivity contribution in [3.8, 4) is 22.4 Å². The molecular formula is C26H19N3. The van der Waals surface area contributed by atoms with Crippen LogP contribution in [0.4, 0.5) is 0 Å². The molecule has 0 radical (unpaired) electrons. The first-order valence-corrected chi connectivity index (χ1v) is 9.60. The molecule has 0 saturated heterocycles. The SMILES string of the molecule is C(=C\c1n[nH]c2cc(-c3ccccn3)ccc12)/c1ccc(-c2ccccc2)cc1. The van der Waals surface area contributed by atoms with E-state index in [1.807, 2.05) is 30.5 Å². The Labute approximate surface area is 169 Å². The van der Waals surface area contributed by atoms with Gasteiger partial charge in [-0.05, 0) is 47.0 Å². The number of aromatic amines is 1. The quantitative estimate of drug-likeness (QED) is 0.393. The van der Waals surface area contributed by atoms with E-state index in [9.17, 15) is 0 Å². The summed E-state index contributed by atoms with van der Waals surface area (Å²) in [6.07, 6.45) is 5.96. The molecule has 5 rings (SSSR count). The number of benzene rings is 3. The highest BCUT2D eigenvalue weighted by Gasteiger charge is 2.06. The number of hydrogen-bond acceptors (Lipinski definition) is 2. The molecule has 3 nitrogen and oxygen atoms in total. The van der Waals surface area contributed by atoms with E-state index in [-0.39, 0.29) is 0 Å². The summed E-state index contributed by atoms with van der Waals surface area (Å²) in [5.41, 5.74) is 7.56. The highest BCUT2D eigenvalue weighted by molar-refractivity contribution is 5.91. The van der Waals surface area contributed by atoms with Crippen LogP contribution >= 0.6 is 0 Å². The molecule has 0 aliphatic carbocycles. The van der Waals surface area contributed by atoms with Gasteiger partial charge in [-0.3, -0.25) is 10.1 Å². The topological polar surface area (TPSA) is 41.6 Å². The van der Waals surface area contributed by atoms with Crippen molar-refractivity contribution in [1.29, 1.82) is 0 Å². The molecule has 2 heterocycles. The zero-order chi connectivity index (χ0) is 19.5. The second-order valence-electron chi connectivity index (χ2n) is 6.91. The third kappa shape index (κ3) is 3.58. The number of aromatic nitrogens is 3. The summed E-state index contributed by atoms with van der Waals surface area (Å²) in [6, 6.07) is 31.2. The number of nitrogens with one attached hydrogen (secondary N) is 1. The molecule has 3 aromatic carbocycles. The highest BCUT2D eigenvalue weighted by Crippen LogP contribution is 2.25. The van der Waals surface area contributed by atoms with E-state index in [1.54, 1.807) is 0 Å². The summed E-state index contributed by atoms with van der Waals surface area (Å²) in [5, 5.41) is 8.71. The lowest BCUT2D eigenvalue weighted by Crippen LogP contribution is -1.81. The van der Waals surface area contributed by atoms with Crippen molar-refractivity contribution < 1.29 is 0 Å². The van der Waals surface area contributed by atoms with Crippen LogP contribution in [0.15, 0.2) is 97.2 Å². The third-order valence-corrected chi connectivity index (χ3v) is 5.00. The first-order valence-electron chi connectivity index (χ1n) is 9.60. The van der Waals surface area contributed by atoms with Crippen LogP contribution in [0.2, 0.25) is 0 Å². The van der Waals surface area contributed by atoms with E-state index in [2.05, 4.69) is 94.1 Å². The molecule has 29 heavy (non-hydrogen) atoms. The predicted octanol–water partition coefficient (Wildman–Crippen LogP) is 6.46. The van der Waals surface area contributed by atoms with Crippen molar-refractivity contribution in [3.63, 3.8) is 0 Å².